The van der Waals surface area contributed by atoms with Crippen LogP contribution in [-0.2, 0) is 0 Å². The summed E-state index contributed by atoms with van der Waals surface area (Å²) in [7, 11) is 0. The van der Waals surface area contributed by atoms with Gasteiger partial charge in [-0.2, -0.15) is 0 Å². The molecule has 4 heteroatoms. The molecule has 0 aromatic rings. The van der Waals surface area contributed by atoms with Gasteiger partial charge in [-0.05, 0) is 0 Å². The van der Waals surface area contributed by atoms with Gasteiger partial charge in [0.2, 0.25) is 0 Å². The van der Waals surface area contributed by atoms with E-state index in [9.17, 15) is 10.2 Å². The van der Waals surface area contributed by atoms with E-state index in [0.29, 0.717) is 6.04 Å². The van der Waals surface area contributed by atoms with Gasteiger partial charge in [0.15, 0.2) is 0 Å². The SMILES string of the molecule is CCCC[O-].CCCC[O-].[CH3][Sn+2][CH2]CCCC(C)N. The van der Waals surface area contributed by atoms with Crippen LogP contribution in [0.4, 0.5) is 0 Å². The third-order valence-corrected chi connectivity index (χ3v) is 4.77. The first kappa shape index (κ1) is 24.7. The molecule has 0 aromatic carbocycles. The number of hydrogen-bond donors (Lipinski definition) is 1. The zero-order valence-electron chi connectivity index (χ0n) is 13.5. The Morgan fingerprint density at radius 2 is 1.42 bits per heavy atom. The van der Waals surface area contributed by atoms with Crippen molar-refractivity contribution in [2.75, 3.05) is 13.2 Å². The van der Waals surface area contributed by atoms with E-state index in [1.807, 2.05) is 13.8 Å². The van der Waals surface area contributed by atoms with Crippen molar-refractivity contribution in [3.05, 3.63) is 0 Å². The van der Waals surface area contributed by atoms with E-state index in [2.05, 4.69) is 11.9 Å². The van der Waals surface area contributed by atoms with Crippen LogP contribution in [0.1, 0.15) is 65.7 Å². The standard InChI is InChI=1S/C6H14N.2C4H9O.CH3.Sn/c1-3-4-5-6(2)7;2*1-2-3-4-5;;/h6H,1,3-5,7H2,2H3;2*2-4H2,1H3;1H3;/q;2*-1;;+2. The van der Waals surface area contributed by atoms with E-state index in [1.54, 1.807) is 0 Å². The Hall–Kier alpha value is 0.679. The van der Waals surface area contributed by atoms with Crippen molar-refractivity contribution in [1.29, 1.82) is 0 Å². The Morgan fingerprint density at radius 3 is 1.63 bits per heavy atom. The van der Waals surface area contributed by atoms with Crippen LogP contribution in [0.3, 0.4) is 0 Å². The van der Waals surface area contributed by atoms with Crippen molar-refractivity contribution < 1.29 is 10.2 Å². The molecule has 0 heterocycles. The second kappa shape index (κ2) is 27.1. The van der Waals surface area contributed by atoms with E-state index in [1.165, 1.54) is 23.7 Å². The normalized spacial score (nSPS) is 10.5. The third kappa shape index (κ3) is 45.6. The van der Waals surface area contributed by atoms with E-state index in [-0.39, 0.29) is 34.4 Å². The first-order valence-corrected chi connectivity index (χ1v) is 12.5. The van der Waals surface area contributed by atoms with Crippen LogP contribution >= 0.6 is 0 Å². The van der Waals surface area contributed by atoms with Gasteiger partial charge in [-0.1, -0.05) is 39.5 Å². The monoisotopic (exact) mass is 381 g/mol. The molecular weight excluding hydrogens is 345 g/mol. The third-order valence-electron chi connectivity index (χ3n) is 2.33. The molecule has 0 radical (unpaired) electrons. The summed E-state index contributed by atoms with van der Waals surface area (Å²) in [5.41, 5.74) is 5.59. The van der Waals surface area contributed by atoms with Gasteiger partial charge >= 0.3 is 68.5 Å². The molecule has 116 valence electrons. The van der Waals surface area contributed by atoms with Crippen molar-refractivity contribution in [1.82, 2.24) is 0 Å². The van der Waals surface area contributed by atoms with Crippen LogP contribution in [0.15, 0.2) is 0 Å². The second-order valence-electron chi connectivity index (χ2n) is 4.69. The topological polar surface area (TPSA) is 72.1 Å². The summed E-state index contributed by atoms with van der Waals surface area (Å²) in [4.78, 5) is 2.40. The number of hydrogen-bond acceptors (Lipinski definition) is 3. The van der Waals surface area contributed by atoms with Crippen molar-refractivity contribution in [2.24, 2.45) is 5.73 Å². The molecule has 0 spiro atoms. The van der Waals surface area contributed by atoms with Crippen LogP contribution in [0.5, 0.6) is 0 Å². The van der Waals surface area contributed by atoms with E-state index < -0.39 is 0 Å². The molecule has 1 atom stereocenters. The molecule has 0 amide bonds. The van der Waals surface area contributed by atoms with Gasteiger partial charge in [0.25, 0.3) is 0 Å². The summed E-state index contributed by atoms with van der Waals surface area (Å²) in [6.07, 6.45) is 7.74. The van der Waals surface area contributed by atoms with Crippen LogP contribution < -0.4 is 15.9 Å². The number of nitrogens with two attached hydrogens (primary N) is 1. The Kier molecular flexibility index (Phi) is 35.2. The maximum absolute atomic E-state index is 9.53. The fourth-order valence-electron chi connectivity index (χ4n) is 1.06. The maximum atomic E-state index is 9.53. The Labute approximate surface area is 131 Å². The minimum atomic E-state index is 0.0938. The van der Waals surface area contributed by atoms with E-state index >= 15 is 0 Å². The molecular formula is C15H35NO2Sn. The van der Waals surface area contributed by atoms with Crippen molar-refractivity contribution in [3.63, 3.8) is 0 Å². The second-order valence-corrected chi connectivity index (χ2v) is 8.14. The van der Waals surface area contributed by atoms with Crippen molar-refractivity contribution in [2.45, 2.75) is 81.1 Å². The summed E-state index contributed by atoms with van der Waals surface area (Å²) < 4.78 is 1.54. The molecule has 0 rings (SSSR count). The van der Waals surface area contributed by atoms with Crippen LogP contribution in [0, 0.1) is 0 Å². The molecule has 0 aromatic heterocycles. The molecule has 1 unspecified atom stereocenters. The summed E-state index contributed by atoms with van der Waals surface area (Å²) in [5.74, 6) is 0. The average Bonchev–Trinajstić information content (AvgIpc) is 2.38. The fourth-order valence-corrected chi connectivity index (χ4v) is 2.78. The van der Waals surface area contributed by atoms with Crippen molar-refractivity contribution in [3.8, 4) is 0 Å². The van der Waals surface area contributed by atoms with Crippen LogP contribution in [0.25, 0.3) is 0 Å². The fraction of sp³-hybridized carbons (Fsp3) is 1.00. The minimum absolute atomic E-state index is 0.0938. The van der Waals surface area contributed by atoms with Gasteiger partial charge in [0.1, 0.15) is 0 Å². The Balaban J connectivity index is -0.000000219. The predicted octanol–water partition coefficient (Wildman–Crippen LogP) is 1.97. The van der Waals surface area contributed by atoms with Crippen LogP contribution in [0.2, 0.25) is 9.38 Å². The first-order chi connectivity index (χ1) is 9.10. The number of rotatable bonds is 9. The van der Waals surface area contributed by atoms with Crippen LogP contribution in [-0.4, -0.2) is 40.4 Å². The van der Waals surface area contributed by atoms with Gasteiger partial charge in [0, 0.05) is 0 Å². The number of unbranched alkanes of at least 4 members (excludes halogenated alkanes) is 3. The molecule has 2 N–H and O–H groups in total. The quantitative estimate of drug-likeness (QED) is 0.491. The zero-order chi connectivity index (χ0) is 15.4. The molecule has 0 aliphatic rings. The van der Waals surface area contributed by atoms with E-state index in [0.717, 1.165) is 25.7 Å². The Morgan fingerprint density at radius 1 is 0.947 bits per heavy atom. The van der Waals surface area contributed by atoms with Crippen molar-refractivity contribution >= 4 is 21.1 Å². The van der Waals surface area contributed by atoms with Gasteiger partial charge < -0.3 is 10.2 Å². The molecule has 0 aliphatic heterocycles. The zero-order valence-corrected chi connectivity index (χ0v) is 16.4. The van der Waals surface area contributed by atoms with E-state index in [4.69, 9.17) is 5.73 Å². The molecule has 19 heavy (non-hydrogen) atoms. The summed E-state index contributed by atoms with van der Waals surface area (Å²) in [5, 5.41) is 19.1. The average molecular weight is 380 g/mol. The summed E-state index contributed by atoms with van der Waals surface area (Å²) in [6, 6.07) is 0.423. The van der Waals surface area contributed by atoms with Gasteiger partial charge in [0.05, 0.1) is 0 Å². The molecule has 3 nitrogen and oxygen atoms in total. The Bertz CT molecular complexity index is 115. The molecule has 0 bridgehead atoms. The molecule has 0 aliphatic carbocycles. The van der Waals surface area contributed by atoms with Gasteiger partial charge in [-0.25, -0.2) is 0 Å². The first-order valence-electron chi connectivity index (χ1n) is 7.66. The summed E-state index contributed by atoms with van der Waals surface area (Å²) in [6.45, 7) is 6.30. The molecule has 0 fully saturated rings. The predicted molar refractivity (Wildman–Crippen MR) is 83.5 cm³/mol. The van der Waals surface area contributed by atoms with Gasteiger partial charge in [-0.15, -0.1) is 13.2 Å². The summed E-state index contributed by atoms with van der Waals surface area (Å²) >= 11 is 0.107. The van der Waals surface area contributed by atoms with Gasteiger partial charge in [-0.3, -0.25) is 0 Å². The molecule has 0 saturated heterocycles. The molecule has 0 saturated carbocycles.